The monoisotopic (exact) mass is 257 g/mol. The van der Waals surface area contributed by atoms with E-state index < -0.39 is 0 Å². The number of carbonyl (C=O) groups is 1. The standard InChI is InChI=1S/C14H13NO2.C2H6/c1-17-14(16)13-7-8-15-10-12(13)9-11-5-3-2-4-6-11;1-2/h2-8,10H,9H2,1H3;1-2H3. The minimum atomic E-state index is -0.321. The van der Waals surface area contributed by atoms with Gasteiger partial charge in [-0.05, 0) is 23.6 Å². The molecule has 2 rings (SSSR count). The summed E-state index contributed by atoms with van der Waals surface area (Å²) in [5.74, 6) is -0.321. The molecule has 3 nitrogen and oxygen atoms in total. The Bertz CT molecular complexity index is 509. The maximum atomic E-state index is 11.6. The highest BCUT2D eigenvalue weighted by Crippen LogP contribution is 2.13. The minimum Gasteiger partial charge on any atom is -0.465 e. The molecule has 1 aromatic heterocycles. The van der Waals surface area contributed by atoms with Gasteiger partial charge in [0.1, 0.15) is 0 Å². The zero-order valence-corrected chi connectivity index (χ0v) is 11.6. The van der Waals surface area contributed by atoms with Crippen molar-refractivity contribution in [2.75, 3.05) is 7.11 Å². The Kier molecular flexibility index (Phi) is 6.30. The molecule has 3 heteroatoms. The van der Waals surface area contributed by atoms with Crippen LogP contribution in [0.25, 0.3) is 0 Å². The van der Waals surface area contributed by atoms with E-state index in [2.05, 4.69) is 4.98 Å². The van der Waals surface area contributed by atoms with Gasteiger partial charge in [0.2, 0.25) is 0 Å². The number of pyridine rings is 1. The summed E-state index contributed by atoms with van der Waals surface area (Å²) in [5, 5.41) is 0. The van der Waals surface area contributed by atoms with Crippen LogP contribution < -0.4 is 0 Å². The SMILES string of the molecule is CC.COC(=O)c1ccncc1Cc1ccccc1. The van der Waals surface area contributed by atoms with E-state index in [1.54, 1.807) is 18.5 Å². The number of hydrogen-bond donors (Lipinski definition) is 0. The number of methoxy groups -OCH3 is 1. The summed E-state index contributed by atoms with van der Waals surface area (Å²) in [6.45, 7) is 4.00. The predicted molar refractivity (Wildman–Crippen MR) is 76.2 cm³/mol. The first-order chi connectivity index (χ1) is 9.31. The Hall–Kier alpha value is -2.16. The molecule has 0 bridgehead atoms. The average Bonchev–Trinajstić information content (AvgIpc) is 2.50. The van der Waals surface area contributed by atoms with E-state index in [0.29, 0.717) is 12.0 Å². The summed E-state index contributed by atoms with van der Waals surface area (Å²) in [6.07, 6.45) is 3.99. The summed E-state index contributed by atoms with van der Waals surface area (Å²) in [4.78, 5) is 15.6. The van der Waals surface area contributed by atoms with Crippen molar-refractivity contribution >= 4 is 5.97 Å². The molecular weight excluding hydrogens is 238 g/mol. The minimum absolute atomic E-state index is 0.321. The summed E-state index contributed by atoms with van der Waals surface area (Å²) >= 11 is 0. The van der Waals surface area contributed by atoms with Crippen molar-refractivity contribution < 1.29 is 9.53 Å². The van der Waals surface area contributed by atoms with Gasteiger partial charge in [0, 0.05) is 12.4 Å². The van der Waals surface area contributed by atoms with E-state index in [1.165, 1.54) is 7.11 Å². The molecule has 0 fully saturated rings. The number of hydrogen-bond acceptors (Lipinski definition) is 3. The van der Waals surface area contributed by atoms with Gasteiger partial charge >= 0.3 is 5.97 Å². The number of esters is 1. The van der Waals surface area contributed by atoms with Crippen LogP contribution in [0, 0.1) is 0 Å². The molecule has 100 valence electrons. The molecule has 1 aromatic carbocycles. The number of ether oxygens (including phenoxy) is 1. The van der Waals surface area contributed by atoms with Gasteiger partial charge in [0.05, 0.1) is 12.7 Å². The summed E-state index contributed by atoms with van der Waals surface area (Å²) in [7, 11) is 1.38. The molecule has 0 N–H and O–H groups in total. The lowest BCUT2D eigenvalue weighted by atomic mass is 10.0. The molecule has 0 saturated carbocycles. The summed E-state index contributed by atoms with van der Waals surface area (Å²) in [5.41, 5.74) is 2.60. The van der Waals surface area contributed by atoms with Crippen LogP contribution in [0.15, 0.2) is 48.8 Å². The number of aromatic nitrogens is 1. The van der Waals surface area contributed by atoms with Crippen molar-refractivity contribution in [1.29, 1.82) is 0 Å². The van der Waals surface area contributed by atoms with E-state index in [1.807, 2.05) is 44.2 Å². The first-order valence-corrected chi connectivity index (χ1v) is 6.36. The Morgan fingerprint density at radius 2 is 1.84 bits per heavy atom. The van der Waals surface area contributed by atoms with Crippen molar-refractivity contribution in [3.63, 3.8) is 0 Å². The van der Waals surface area contributed by atoms with Gasteiger partial charge in [0.15, 0.2) is 0 Å². The molecule has 0 atom stereocenters. The number of benzene rings is 1. The smallest absolute Gasteiger partial charge is 0.338 e. The molecule has 0 radical (unpaired) electrons. The fourth-order valence-corrected chi connectivity index (χ4v) is 1.69. The second-order valence-electron chi connectivity index (χ2n) is 3.69. The maximum Gasteiger partial charge on any atom is 0.338 e. The molecule has 1 heterocycles. The van der Waals surface area contributed by atoms with Crippen LogP contribution in [-0.2, 0) is 11.2 Å². The zero-order chi connectivity index (χ0) is 14.1. The first-order valence-electron chi connectivity index (χ1n) is 6.36. The molecule has 2 aromatic rings. The third-order valence-electron chi connectivity index (χ3n) is 2.55. The highest BCUT2D eigenvalue weighted by Gasteiger charge is 2.11. The topological polar surface area (TPSA) is 39.2 Å². The van der Waals surface area contributed by atoms with Crippen molar-refractivity contribution in [2.24, 2.45) is 0 Å². The van der Waals surface area contributed by atoms with Gasteiger partial charge in [-0.2, -0.15) is 0 Å². The largest absolute Gasteiger partial charge is 0.465 e. The second kappa shape index (κ2) is 8.03. The van der Waals surface area contributed by atoms with Gasteiger partial charge < -0.3 is 4.74 Å². The number of nitrogens with zero attached hydrogens (tertiary/aromatic N) is 1. The van der Waals surface area contributed by atoms with Crippen LogP contribution in [0.3, 0.4) is 0 Å². The molecule has 0 amide bonds. The van der Waals surface area contributed by atoms with Gasteiger partial charge in [-0.25, -0.2) is 4.79 Å². The van der Waals surface area contributed by atoms with E-state index >= 15 is 0 Å². The Morgan fingerprint density at radius 3 is 2.47 bits per heavy atom. The summed E-state index contributed by atoms with van der Waals surface area (Å²) < 4.78 is 4.75. The second-order valence-corrected chi connectivity index (χ2v) is 3.69. The fourth-order valence-electron chi connectivity index (χ4n) is 1.69. The van der Waals surface area contributed by atoms with Gasteiger partial charge in [-0.15, -0.1) is 0 Å². The van der Waals surface area contributed by atoms with Gasteiger partial charge in [-0.1, -0.05) is 44.2 Å². The van der Waals surface area contributed by atoms with Crippen molar-refractivity contribution in [1.82, 2.24) is 4.98 Å². The van der Waals surface area contributed by atoms with Crippen LogP contribution in [0.4, 0.5) is 0 Å². The van der Waals surface area contributed by atoms with Crippen LogP contribution >= 0.6 is 0 Å². The van der Waals surface area contributed by atoms with Crippen LogP contribution in [-0.4, -0.2) is 18.1 Å². The summed E-state index contributed by atoms with van der Waals surface area (Å²) in [6, 6.07) is 11.6. The first kappa shape index (κ1) is 14.9. The maximum absolute atomic E-state index is 11.6. The highest BCUT2D eigenvalue weighted by atomic mass is 16.5. The number of rotatable bonds is 3. The zero-order valence-electron chi connectivity index (χ0n) is 11.6. The quantitative estimate of drug-likeness (QED) is 0.790. The third-order valence-corrected chi connectivity index (χ3v) is 2.55. The van der Waals surface area contributed by atoms with E-state index in [4.69, 9.17) is 4.74 Å². The van der Waals surface area contributed by atoms with Crippen LogP contribution in [0.1, 0.15) is 35.3 Å². The van der Waals surface area contributed by atoms with Crippen molar-refractivity contribution in [3.05, 3.63) is 65.5 Å². The van der Waals surface area contributed by atoms with E-state index in [0.717, 1.165) is 11.1 Å². The van der Waals surface area contributed by atoms with E-state index in [9.17, 15) is 4.79 Å². The Labute approximate surface area is 114 Å². The van der Waals surface area contributed by atoms with Crippen molar-refractivity contribution in [3.8, 4) is 0 Å². The molecule has 0 aliphatic carbocycles. The molecule has 0 spiro atoms. The van der Waals surface area contributed by atoms with Gasteiger partial charge in [-0.3, -0.25) is 4.98 Å². The molecular formula is C16H19NO2. The highest BCUT2D eigenvalue weighted by molar-refractivity contribution is 5.90. The predicted octanol–water partition coefficient (Wildman–Crippen LogP) is 3.49. The Morgan fingerprint density at radius 1 is 1.16 bits per heavy atom. The molecule has 0 aliphatic rings. The fraction of sp³-hybridized carbons (Fsp3) is 0.250. The lowest BCUT2D eigenvalue weighted by Gasteiger charge is -2.06. The van der Waals surface area contributed by atoms with Crippen LogP contribution in [0.5, 0.6) is 0 Å². The van der Waals surface area contributed by atoms with E-state index in [-0.39, 0.29) is 5.97 Å². The lowest BCUT2D eigenvalue weighted by Crippen LogP contribution is -2.06. The normalized spacial score (nSPS) is 9.21. The van der Waals surface area contributed by atoms with Crippen LogP contribution in [0.2, 0.25) is 0 Å². The molecule has 0 unspecified atom stereocenters. The third kappa shape index (κ3) is 4.21. The Balaban J connectivity index is 0.000000861. The molecule has 0 saturated heterocycles. The van der Waals surface area contributed by atoms with Crippen molar-refractivity contribution in [2.45, 2.75) is 20.3 Å². The lowest BCUT2D eigenvalue weighted by molar-refractivity contribution is 0.0599. The molecule has 19 heavy (non-hydrogen) atoms. The molecule has 0 aliphatic heterocycles. The average molecular weight is 257 g/mol. The van der Waals surface area contributed by atoms with Gasteiger partial charge in [0.25, 0.3) is 0 Å². The number of carbonyl (C=O) groups excluding carboxylic acids is 1.